The molecule has 0 spiro atoms. The Bertz CT molecular complexity index is 836. The van der Waals surface area contributed by atoms with Crippen LogP contribution in [0.2, 0.25) is 0 Å². The molecule has 1 aromatic heterocycles. The number of alkyl halides is 13. The second kappa shape index (κ2) is 6.76. The molecule has 18 heteroatoms. The number of nitrogens with zero attached hydrogens (tertiary/aromatic N) is 2. The lowest BCUT2D eigenvalue weighted by molar-refractivity contribution is -0.614. The first-order valence-corrected chi connectivity index (χ1v) is 7.92. The predicted molar refractivity (Wildman–Crippen MR) is 65.1 cm³/mol. The highest BCUT2D eigenvalue weighted by molar-refractivity contribution is 7.94. The van der Waals surface area contributed by atoms with Gasteiger partial charge in [0.05, 0.1) is 0 Å². The lowest BCUT2D eigenvalue weighted by atomic mass is 9.98. The van der Waals surface area contributed by atoms with Crippen LogP contribution in [0.1, 0.15) is 0 Å². The fourth-order valence-electron chi connectivity index (χ4n) is 1.54. The van der Waals surface area contributed by atoms with E-state index in [9.17, 15) is 65.5 Å². The maximum atomic E-state index is 13.6. The van der Waals surface area contributed by atoms with Gasteiger partial charge in [0.15, 0.2) is 12.4 Å². The Balaban J connectivity index is 3.53. The van der Waals surface area contributed by atoms with Crippen LogP contribution < -0.4 is 4.68 Å². The molecule has 1 aromatic rings. The summed E-state index contributed by atoms with van der Waals surface area (Å²) in [6.45, 7) is 0. The summed E-state index contributed by atoms with van der Waals surface area (Å²) < 4.78 is 190. The van der Waals surface area contributed by atoms with Gasteiger partial charge in [-0.25, -0.2) is 13.1 Å². The number of aromatic nitrogens is 1. The second-order valence-corrected chi connectivity index (χ2v) is 6.75. The van der Waals surface area contributed by atoms with Crippen LogP contribution in [0.3, 0.4) is 0 Å². The molecule has 168 valence electrons. The maximum absolute atomic E-state index is 13.6. The van der Waals surface area contributed by atoms with E-state index in [1.165, 1.54) is 0 Å². The number of hydrogen-bond donors (Lipinski definition) is 0. The Hall–Kier alpha value is -2.01. The van der Waals surface area contributed by atoms with E-state index in [1.54, 1.807) is 0 Å². The summed E-state index contributed by atoms with van der Waals surface area (Å²) in [5.74, 6) is -32.3. The number of sulfonamides is 1. The van der Waals surface area contributed by atoms with Gasteiger partial charge in [0.25, 0.3) is 0 Å². The van der Waals surface area contributed by atoms with E-state index < -0.39 is 45.1 Å². The molecule has 0 unspecified atom stereocenters. The molecule has 0 aliphatic rings. The van der Waals surface area contributed by atoms with Crippen molar-refractivity contribution in [2.24, 2.45) is 0 Å². The minimum atomic E-state index is -8.22. The highest BCUT2D eigenvalue weighted by Crippen LogP contribution is 2.61. The summed E-state index contributed by atoms with van der Waals surface area (Å²) in [5, 5.41) is -7.35. The first kappa shape index (κ1) is 25.0. The van der Waals surface area contributed by atoms with Gasteiger partial charge in [0, 0.05) is 12.1 Å². The van der Waals surface area contributed by atoms with E-state index in [1.807, 2.05) is 4.83 Å². The van der Waals surface area contributed by atoms with Gasteiger partial charge in [-0.2, -0.15) is 57.1 Å². The Labute approximate surface area is 151 Å². The van der Waals surface area contributed by atoms with Crippen molar-refractivity contribution in [3.8, 4) is 0 Å². The molecule has 0 aliphatic heterocycles. The van der Waals surface area contributed by atoms with Gasteiger partial charge in [0.2, 0.25) is 10.0 Å². The van der Waals surface area contributed by atoms with Crippen LogP contribution in [0, 0.1) is 0 Å². The Morgan fingerprint density at radius 3 is 1.34 bits per heavy atom. The van der Waals surface area contributed by atoms with Gasteiger partial charge in [-0.1, -0.05) is 6.07 Å². The zero-order valence-electron chi connectivity index (χ0n) is 12.9. The fourth-order valence-corrected chi connectivity index (χ4v) is 2.45. The van der Waals surface area contributed by atoms with Crippen LogP contribution in [0.5, 0.6) is 0 Å². The third-order valence-corrected chi connectivity index (χ3v) is 4.44. The zero-order valence-corrected chi connectivity index (χ0v) is 13.7. The zero-order chi connectivity index (χ0) is 23.3. The van der Waals surface area contributed by atoms with Crippen molar-refractivity contribution < 1.29 is 70.2 Å². The maximum Gasteiger partial charge on any atom is 0.460 e. The molecule has 0 bridgehead atoms. The molecule has 29 heavy (non-hydrogen) atoms. The van der Waals surface area contributed by atoms with Crippen molar-refractivity contribution in [1.82, 2.24) is 0 Å². The SMILES string of the molecule is O=S(=O)([N-][n+]1ccccc1)C(F)(F)C(F)(F)C(F)(F)C(F)(F)C(F)(F)C(F)(F)F. The second-order valence-electron chi connectivity index (χ2n) is 5.12. The average Bonchev–Trinajstić information content (AvgIpc) is 2.53. The summed E-state index contributed by atoms with van der Waals surface area (Å²) in [6.07, 6.45) is -6.65. The van der Waals surface area contributed by atoms with Crippen molar-refractivity contribution in [3.63, 3.8) is 0 Å². The van der Waals surface area contributed by atoms with Gasteiger partial charge in [-0.3, -0.25) is 0 Å². The molecule has 0 fully saturated rings. The predicted octanol–water partition coefficient (Wildman–Crippen LogP) is 4.14. The van der Waals surface area contributed by atoms with Gasteiger partial charge in [-0.05, 0) is 0 Å². The number of rotatable bonds is 7. The first-order valence-electron chi connectivity index (χ1n) is 6.48. The van der Waals surface area contributed by atoms with E-state index in [2.05, 4.69) is 0 Å². The summed E-state index contributed by atoms with van der Waals surface area (Å²) in [5.41, 5.74) is 0. The lowest BCUT2D eigenvalue weighted by Gasteiger charge is -2.40. The topological polar surface area (TPSA) is 52.1 Å². The van der Waals surface area contributed by atoms with Crippen LogP contribution in [0.15, 0.2) is 30.6 Å². The van der Waals surface area contributed by atoms with Crippen molar-refractivity contribution in [2.75, 3.05) is 0 Å². The summed E-state index contributed by atoms with van der Waals surface area (Å²) in [7, 11) is -7.23. The van der Waals surface area contributed by atoms with Crippen LogP contribution in [-0.4, -0.2) is 43.5 Å². The molecule has 0 aromatic carbocycles. The summed E-state index contributed by atoms with van der Waals surface area (Å²) in [4.78, 5) is 1.91. The van der Waals surface area contributed by atoms with Gasteiger partial charge in [-0.15, -0.1) is 0 Å². The third-order valence-electron chi connectivity index (χ3n) is 3.13. The minimum Gasteiger partial charge on any atom is -0.317 e. The normalized spacial score (nSPS) is 15.3. The monoisotopic (exact) mass is 476 g/mol. The fraction of sp³-hybridized carbons (Fsp3) is 0.545. The summed E-state index contributed by atoms with van der Waals surface area (Å²) >= 11 is 0. The molecule has 0 aliphatic carbocycles. The molecule has 0 saturated heterocycles. The average molecular weight is 476 g/mol. The molecule has 0 atom stereocenters. The molecule has 0 amide bonds. The van der Waals surface area contributed by atoms with Crippen LogP contribution >= 0.6 is 0 Å². The van der Waals surface area contributed by atoms with Crippen molar-refractivity contribution in [1.29, 1.82) is 0 Å². The third kappa shape index (κ3) is 3.54. The Morgan fingerprint density at radius 2 is 0.966 bits per heavy atom. The van der Waals surface area contributed by atoms with E-state index in [-0.39, 0.29) is 4.68 Å². The molecular weight excluding hydrogens is 471 g/mol. The van der Waals surface area contributed by atoms with Crippen LogP contribution in [0.25, 0.3) is 4.83 Å². The van der Waals surface area contributed by atoms with Crippen molar-refractivity contribution in [2.45, 2.75) is 35.1 Å². The Morgan fingerprint density at radius 1 is 0.586 bits per heavy atom. The molecular formula is C11H5F13N2O2S. The van der Waals surface area contributed by atoms with E-state index in [0.29, 0.717) is 12.4 Å². The smallest absolute Gasteiger partial charge is 0.317 e. The largest absolute Gasteiger partial charge is 0.460 e. The minimum absolute atomic E-state index is 0.195. The van der Waals surface area contributed by atoms with Crippen molar-refractivity contribution >= 4 is 10.0 Å². The summed E-state index contributed by atoms with van der Waals surface area (Å²) in [6, 6.07) is 2.79. The van der Waals surface area contributed by atoms with E-state index in [4.69, 9.17) is 0 Å². The quantitative estimate of drug-likeness (QED) is 0.439. The highest BCUT2D eigenvalue weighted by Gasteiger charge is 2.92. The Kier molecular flexibility index (Phi) is 5.84. The van der Waals surface area contributed by atoms with Crippen LogP contribution in [0.4, 0.5) is 57.1 Å². The molecule has 1 heterocycles. The van der Waals surface area contributed by atoms with E-state index in [0.717, 1.165) is 18.2 Å². The number of halogens is 13. The molecule has 0 radical (unpaired) electrons. The highest BCUT2D eigenvalue weighted by atomic mass is 32.2. The molecule has 0 saturated carbocycles. The standard InChI is InChI=1S/C11H5F13N2O2S/c12-6(13,8(16,17)10(20,21)22)7(14,15)9(18,19)11(23,24)29(27,28)25-26-4-2-1-3-5-26/h1-5H. The number of pyridine rings is 1. The number of hydrogen-bond acceptors (Lipinski definition) is 2. The molecule has 0 N–H and O–H groups in total. The molecule has 4 nitrogen and oxygen atoms in total. The van der Waals surface area contributed by atoms with Crippen molar-refractivity contribution in [3.05, 3.63) is 35.4 Å². The van der Waals surface area contributed by atoms with Gasteiger partial charge in [0.1, 0.15) is 0 Å². The lowest BCUT2D eigenvalue weighted by Crippen LogP contribution is -2.71. The first-order chi connectivity index (χ1) is 12.6. The van der Waals surface area contributed by atoms with Gasteiger partial charge < -0.3 is 4.83 Å². The van der Waals surface area contributed by atoms with E-state index >= 15 is 0 Å². The van der Waals surface area contributed by atoms with Gasteiger partial charge >= 0.3 is 35.1 Å². The molecule has 1 rings (SSSR count). The van der Waals surface area contributed by atoms with Crippen LogP contribution in [-0.2, 0) is 10.0 Å².